The second-order valence-corrected chi connectivity index (χ2v) is 6.51. The molecule has 1 aromatic heterocycles. The van der Waals surface area contributed by atoms with Crippen molar-refractivity contribution in [3.8, 4) is 0 Å². The molecule has 2 saturated heterocycles. The van der Waals surface area contributed by atoms with Gasteiger partial charge in [-0.25, -0.2) is 8.78 Å². The van der Waals surface area contributed by atoms with Crippen LogP contribution in [-0.2, 0) is 4.79 Å². The van der Waals surface area contributed by atoms with Gasteiger partial charge in [-0.3, -0.25) is 9.59 Å². The number of hydrogen-bond donors (Lipinski definition) is 2. The Balaban J connectivity index is 0.000000433. The first-order valence-electron chi connectivity index (χ1n) is 8.37. The minimum Gasteiger partial charge on any atom is -0.348 e. The maximum atomic E-state index is 14.4. The van der Waals surface area contributed by atoms with E-state index in [1.165, 1.54) is 35.4 Å². The Morgan fingerprint density at radius 3 is 2.31 bits per heavy atom. The lowest BCUT2D eigenvalue weighted by atomic mass is 10.2. The highest BCUT2D eigenvalue weighted by Gasteiger charge is 2.27. The van der Waals surface area contributed by atoms with Crippen molar-refractivity contribution in [3.05, 3.63) is 34.5 Å². The van der Waals surface area contributed by atoms with Gasteiger partial charge in [0.15, 0.2) is 5.82 Å². The molecular weight excluding hydrogens is 366 g/mol. The van der Waals surface area contributed by atoms with E-state index in [1.807, 2.05) is 0 Å². The second-order valence-electron chi connectivity index (χ2n) is 6.14. The van der Waals surface area contributed by atoms with Crippen LogP contribution in [0.3, 0.4) is 0 Å². The summed E-state index contributed by atoms with van der Waals surface area (Å²) >= 11 is 5.77. The average molecular weight is 385 g/mol. The molecule has 6 nitrogen and oxygen atoms in total. The number of nitrogens with one attached hydrogen (secondary N) is 2. The number of fused-ring (bicyclic) bond motifs is 1. The number of rotatable bonds is 2. The maximum absolute atomic E-state index is 14.4. The number of nitrogens with zero attached hydrogens (tertiary/aromatic N) is 2. The van der Waals surface area contributed by atoms with Crippen molar-refractivity contribution in [1.82, 2.24) is 20.1 Å². The smallest absolute Gasteiger partial charge is 0.273 e. The van der Waals surface area contributed by atoms with E-state index >= 15 is 0 Å². The van der Waals surface area contributed by atoms with E-state index < -0.39 is 17.5 Å². The molecule has 0 atom stereocenters. The fraction of sp³-hybridized carbons (Fsp3) is 0.412. The van der Waals surface area contributed by atoms with Gasteiger partial charge in [-0.2, -0.15) is 0 Å². The molecule has 0 saturated carbocycles. The molecule has 26 heavy (non-hydrogen) atoms. The van der Waals surface area contributed by atoms with Gasteiger partial charge < -0.3 is 20.1 Å². The van der Waals surface area contributed by atoms with Gasteiger partial charge in [-0.05, 0) is 31.6 Å². The quantitative estimate of drug-likeness (QED) is 0.778. The van der Waals surface area contributed by atoms with Crippen LogP contribution in [-0.4, -0.2) is 66.4 Å². The van der Waals surface area contributed by atoms with Gasteiger partial charge in [-0.1, -0.05) is 11.6 Å². The molecule has 2 aliphatic rings. The molecule has 9 heteroatoms. The van der Waals surface area contributed by atoms with Crippen LogP contribution >= 0.6 is 11.6 Å². The third-order valence-corrected chi connectivity index (χ3v) is 4.83. The van der Waals surface area contributed by atoms with Crippen LogP contribution in [0.25, 0.3) is 10.9 Å². The first-order valence-corrected chi connectivity index (χ1v) is 8.75. The molecular formula is C17H19ClF2N4O2. The monoisotopic (exact) mass is 384 g/mol. The van der Waals surface area contributed by atoms with Crippen molar-refractivity contribution in [2.24, 2.45) is 0 Å². The summed E-state index contributed by atoms with van der Waals surface area (Å²) in [5, 5.41) is 2.63. The summed E-state index contributed by atoms with van der Waals surface area (Å²) in [6, 6.07) is 2.44. The average Bonchev–Trinajstić information content (AvgIpc) is 2.93. The molecule has 2 aliphatic heterocycles. The van der Waals surface area contributed by atoms with Crippen LogP contribution in [0.2, 0.25) is 5.02 Å². The first-order chi connectivity index (χ1) is 12.5. The summed E-state index contributed by atoms with van der Waals surface area (Å²) in [6.07, 6.45) is 2.11. The molecule has 140 valence electrons. The highest BCUT2D eigenvalue weighted by Crippen LogP contribution is 2.30. The van der Waals surface area contributed by atoms with Gasteiger partial charge in [0.05, 0.1) is 15.9 Å². The van der Waals surface area contributed by atoms with E-state index in [0.717, 1.165) is 6.07 Å². The van der Waals surface area contributed by atoms with Gasteiger partial charge in [0.2, 0.25) is 6.41 Å². The number of carbonyl (C=O) groups is 2. The lowest BCUT2D eigenvalue weighted by Crippen LogP contribution is -2.48. The molecule has 2 aromatic rings. The fourth-order valence-corrected chi connectivity index (χ4v) is 2.94. The van der Waals surface area contributed by atoms with Crippen LogP contribution in [0.5, 0.6) is 0 Å². The Morgan fingerprint density at radius 2 is 1.77 bits per heavy atom. The highest BCUT2D eigenvalue weighted by molar-refractivity contribution is 6.35. The van der Waals surface area contributed by atoms with E-state index in [-0.39, 0.29) is 21.6 Å². The zero-order chi connectivity index (χ0) is 18.7. The summed E-state index contributed by atoms with van der Waals surface area (Å²) in [5.74, 6) is -2.14. The Labute approximate surface area is 154 Å². The van der Waals surface area contributed by atoms with Crippen molar-refractivity contribution in [3.63, 3.8) is 0 Å². The van der Waals surface area contributed by atoms with Crippen LogP contribution in [0, 0.1) is 11.6 Å². The molecule has 1 aromatic carbocycles. The zero-order valence-electron chi connectivity index (χ0n) is 14.0. The number of hydrogen-bond acceptors (Lipinski definition) is 3. The van der Waals surface area contributed by atoms with Crippen LogP contribution < -0.4 is 5.32 Å². The Morgan fingerprint density at radius 1 is 1.15 bits per heavy atom. The maximum Gasteiger partial charge on any atom is 0.273 e. The van der Waals surface area contributed by atoms with Crippen molar-refractivity contribution < 1.29 is 18.4 Å². The normalized spacial score (nSPS) is 16.7. The number of H-pyrrole nitrogens is 1. The second kappa shape index (κ2) is 8.01. The molecule has 0 unspecified atom stereocenters. The lowest BCUT2D eigenvalue weighted by molar-refractivity contribution is -0.119. The topological polar surface area (TPSA) is 68.4 Å². The first kappa shape index (κ1) is 18.6. The van der Waals surface area contributed by atoms with Crippen molar-refractivity contribution in [1.29, 1.82) is 0 Å². The summed E-state index contributed by atoms with van der Waals surface area (Å²) in [7, 11) is 0. The molecule has 0 aliphatic carbocycles. The lowest BCUT2D eigenvalue weighted by Gasteiger charge is -2.32. The van der Waals surface area contributed by atoms with Crippen LogP contribution in [0.4, 0.5) is 8.78 Å². The number of aromatic nitrogens is 1. The number of aromatic amines is 1. The van der Waals surface area contributed by atoms with Gasteiger partial charge in [-0.15, -0.1) is 0 Å². The molecule has 2 amide bonds. The van der Waals surface area contributed by atoms with Crippen LogP contribution in [0.15, 0.2) is 12.1 Å². The highest BCUT2D eigenvalue weighted by atomic mass is 35.5. The largest absolute Gasteiger partial charge is 0.348 e. The third kappa shape index (κ3) is 3.66. The van der Waals surface area contributed by atoms with Gasteiger partial charge in [0, 0.05) is 26.2 Å². The third-order valence-electron chi connectivity index (χ3n) is 4.47. The molecule has 2 N–H and O–H groups in total. The van der Waals surface area contributed by atoms with Crippen molar-refractivity contribution in [2.75, 3.05) is 39.3 Å². The SMILES string of the molecule is C1CNC1.O=CN1CCN(C(=O)c2[nH]c3ccc(F)c(Cl)c3c2F)CC1. The van der Waals surface area contributed by atoms with E-state index in [9.17, 15) is 18.4 Å². The van der Waals surface area contributed by atoms with Gasteiger partial charge in [0.25, 0.3) is 5.91 Å². The Hall–Kier alpha value is -2.19. The molecule has 3 heterocycles. The summed E-state index contributed by atoms with van der Waals surface area (Å²) in [6.45, 7) is 3.92. The fourth-order valence-electron chi connectivity index (χ4n) is 2.70. The van der Waals surface area contributed by atoms with E-state index in [0.29, 0.717) is 32.6 Å². The van der Waals surface area contributed by atoms with Gasteiger partial charge in [0.1, 0.15) is 11.5 Å². The van der Waals surface area contributed by atoms with E-state index in [1.54, 1.807) is 0 Å². The summed E-state index contributed by atoms with van der Waals surface area (Å²) < 4.78 is 27.9. The van der Waals surface area contributed by atoms with Crippen molar-refractivity contribution in [2.45, 2.75) is 6.42 Å². The van der Waals surface area contributed by atoms with Crippen LogP contribution in [0.1, 0.15) is 16.9 Å². The summed E-state index contributed by atoms with van der Waals surface area (Å²) in [4.78, 5) is 28.7. The van der Waals surface area contributed by atoms with E-state index in [4.69, 9.17) is 11.6 Å². The summed E-state index contributed by atoms with van der Waals surface area (Å²) in [5.41, 5.74) is 0.0147. The number of carbonyl (C=O) groups excluding carboxylic acids is 2. The predicted molar refractivity (Wildman–Crippen MR) is 94.3 cm³/mol. The molecule has 0 spiro atoms. The number of amides is 2. The molecule has 0 bridgehead atoms. The number of halogens is 3. The molecule has 2 fully saturated rings. The predicted octanol–water partition coefficient (Wildman–Crippen LogP) is 1.99. The number of piperazine rings is 1. The van der Waals surface area contributed by atoms with Crippen molar-refractivity contribution >= 4 is 34.8 Å². The minimum absolute atomic E-state index is 0.128. The Kier molecular flexibility index (Phi) is 5.73. The zero-order valence-corrected chi connectivity index (χ0v) is 14.8. The minimum atomic E-state index is -0.859. The molecule has 4 rings (SSSR count). The standard InChI is InChI=1S/C14H12ClF2N3O2.C3H7N/c15-11-8(16)1-2-9-10(11)12(17)13(18-9)14(22)20-5-3-19(7-21)4-6-20;1-2-4-3-1/h1-2,7,18H,3-6H2;4H,1-3H2. The molecule has 0 radical (unpaired) electrons. The number of benzene rings is 1. The van der Waals surface area contributed by atoms with Gasteiger partial charge >= 0.3 is 0 Å². The van der Waals surface area contributed by atoms with E-state index in [2.05, 4.69) is 10.3 Å². The Bertz CT molecular complexity index is 811.